The molecule has 3 N–H and O–H groups in total. The van der Waals surface area contributed by atoms with E-state index in [4.69, 9.17) is 19.4 Å². The summed E-state index contributed by atoms with van der Waals surface area (Å²) < 4.78 is 13.9. The number of carbonyl (C=O) groups is 1. The first-order valence-electron chi connectivity index (χ1n) is 12.4. The Morgan fingerprint density at radius 2 is 1.94 bits per heavy atom. The van der Waals surface area contributed by atoms with Crippen LogP contribution in [-0.2, 0) is 5.41 Å². The lowest BCUT2D eigenvalue weighted by Crippen LogP contribution is -2.49. The number of fused-ring (bicyclic) bond motifs is 2. The van der Waals surface area contributed by atoms with Gasteiger partial charge in [0.05, 0.1) is 6.10 Å². The predicted molar refractivity (Wildman–Crippen MR) is 138 cm³/mol. The van der Waals surface area contributed by atoms with Gasteiger partial charge in [-0.1, -0.05) is 23.1 Å². The molecule has 9 heteroatoms. The summed E-state index contributed by atoms with van der Waals surface area (Å²) >= 11 is 6.04. The van der Waals surface area contributed by atoms with Crippen LogP contribution in [0.3, 0.4) is 0 Å². The van der Waals surface area contributed by atoms with Gasteiger partial charge < -0.3 is 25.5 Å². The fraction of sp³-hybridized carbons (Fsp3) is 0.500. The summed E-state index contributed by atoms with van der Waals surface area (Å²) in [6.07, 6.45) is 3.03. The number of hydrogen-bond donors (Lipinski definition) is 3. The third-order valence-corrected chi connectivity index (χ3v) is 8.38. The van der Waals surface area contributed by atoms with Gasteiger partial charge in [0.1, 0.15) is 13.7 Å². The normalized spacial score (nSPS) is 20.9. The molecule has 6 nitrogen and oxygen atoms in total. The fourth-order valence-electron chi connectivity index (χ4n) is 5.79. The maximum atomic E-state index is 13.9. The first-order chi connectivity index (χ1) is 16.8. The second kappa shape index (κ2) is 9.99. The van der Waals surface area contributed by atoms with Crippen molar-refractivity contribution in [2.24, 2.45) is 5.92 Å². The molecule has 2 saturated heterocycles. The zero-order valence-corrected chi connectivity index (χ0v) is 20.5. The monoisotopic (exact) mass is 496 g/mol. The molecule has 2 aromatic rings. The van der Waals surface area contributed by atoms with Crippen molar-refractivity contribution in [1.82, 2.24) is 9.80 Å². The average molecular weight is 497 g/mol. The number of rotatable bonds is 4. The van der Waals surface area contributed by atoms with Crippen LogP contribution in [0.2, 0.25) is 5.02 Å². The van der Waals surface area contributed by atoms with Crippen LogP contribution in [0.5, 0.6) is 0 Å². The van der Waals surface area contributed by atoms with Crippen LogP contribution < -0.4 is 16.1 Å². The number of hydrogen-bond acceptors (Lipinski definition) is 4. The van der Waals surface area contributed by atoms with E-state index >= 15 is 0 Å². The second-order valence-electron chi connectivity index (χ2n) is 10.2. The summed E-state index contributed by atoms with van der Waals surface area (Å²) in [4.78, 5) is 16.7. The van der Waals surface area contributed by atoms with Crippen LogP contribution in [0.1, 0.15) is 31.2 Å². The average Bonchev–Trinajstić information content (AvgIpc) is 3.20. The Hall–Kier alpha value is -2.29. The minimum absolute atomic E-state index is 0.00765. The number of halogens is 2. The zero-order valence-electron chi connectivity index (χ0n) is 19.8. The van der Waals surface area contributed by atoms with Gasteiger partial charge in [-0.25, -0.2) is 9.18 Å². The first-order valence-corrected chi connectivity index (χ1v) is 12.8. The van der Waals surface area contributed by atoms with Crippen LogP contribution in [0, 0.1) is 11.7 Å². The Morgan fingerprint density at radius 1 is 1.20 bits per heavy atom. The number of nitrogens with zero attached hydrogens (tertiary/aromatic N) is 2. The van der Waals surface area contributed by atoms with E-state index in [-0.39, 0.29) is 23.2 Å². The van der Waals surface area contributed by atoms with Crippen LogP contribution >= 0.6 is 11.6 Å². The zero-order chi connectivity index (χ0) is 24.6. The van der Waals surface area contributed by atoms with Crippen molar-refractivity contribution in [2.75, 3.05) is 49.9 Å². The quantitative estimate of drug-likeness (QED) is 0.568. The van der Waals surface area contributed by atoms with Gasteiger partial charge in [0, 0.05) is 48.0 Å². The summed E-state index contributed by atoms with van der Waals surface area (Å²) in [5.74, 6) is -0.00848. The second-order valence-corrected chi connectivity index (χ2v) is 10.6. The van der Waals surface area contributed by atoms with Crippen molar-refractivity contribution in [1.29, 1.82) is 0 Å². The van der Waals surface area contributed by atoms with Crippen molar-refractivity contribution >= 4 is 42.3 Å². The number of nitrogens with one attached hydrogen (secondary N) is 2. The number of piperidine rings is 2. The van der Waals surface area contributed by atoms with Crippen LogP contribution in [-0.4, -0.2) is 74.2 Å². The molecule has 2 aromatic carbocycles. The lowest BCUT2D eigenvalue weighted by atomic mass is 9.74. The van der Waals surface area contributed by atoms with Gasteiger partial charge in [-0.2, -0.15) is 0 Å². The maximum absolute atomic E-state index is 13.9. The molecule has 2 fully saturated rings. The van der Waals surface area contributed by atoms with Crippen LogP contribution in [0.4, 0.5) is 20.6 Å². The van der Waals surface area contributed by atoms with Crippen molar-refractivity contribution in [3.05, 3.63) is 52.8 Å². The lowest BCUT2D eigenvalue weighted by molar-refractivity contribution is 0.0266. The molecule has 35 heavy (non-hydrogen) atoms. The molecule has 5 rings (SSSR count). The topological polar surface area (TPSA) is 67.8 Å². The Morgan fingerprint density at radius 3 is 2.66 bits per heavy atom. The van der Waals surface area contributed by atoms with Gasteiger partial charge >= 0.3 is 6.03 Å². The molecule has 1 unspecified atom stereocenters. The summed E-state index contributed by atoms with van der Waals surface area (Å²) in [5, 5.41) is 17.7. The van der Waals surface area contributed by atoms with E-state index in [1.807, 2.05) is 6.07 Å². The number of benzene rings is 2. The number of urea groups is 1. The van der Waals surface area contributed by atoms with Crippen molar-refractivity contribution in [3.8, 4) is 0 Å². The molecule has 0 aromatic heterocycles. The Labute approximate surface area is 212 Å². The molecule has 0 saturated carbocycles. The van der Waals surface area contributed by atoms with E-state index in [1.54, 1.807) is 29.2 Å². The molecule has 0 bridgehead atoms. The summed E-state index contributed by atoms with van der Waals surface area (Å²) in [6, 6.07) is 9.92. The van der Waals surface area contributed by atoms with Gasteiger partial charge in [0.2, 0.25) is 0 Å². The summed E-state index contributed by atoms with van der Waals surface area (Å²) in [6.45, 7) is 4.48. The Balaban J connectivity index is 1.08. The number of aliphatic hydroxyl groups excluding tert-OH is 1. The molecule has 1 spiro atoms. The van der Waals surface area contributed by atoms with E-state index in [0.29, 0.717) is 35.8 Å². The highest BCUT2D eigenvalue weighted by atomic mass is 35.5. The highest BCUT2D eigenvalue weighted by Gasteiger charge is 2.42. The number of β-amino-alcohol motifs (C(OH)–C–C–N with tert-alkyl or cyclic N) is 1. The number of likely N-dealkylation sites (tertiary alicyclic amines) is 2. The molecule has 1 atom stereocenters. The standard InChI is InChI=1S/C26H31BClFN4O2/c27-21-3-2-19(14-22(21)28)31-25(35)33-9-5-17(6-10-33)24(34)15-32-11-7-26(8-12-32)16-30-23-4-1-18(29)13-20(23)26/h1-4,13-14,17,24,30,34H,5-12,15-16H2,(H,31,35). The van der Waals surface area contributed by atoms with Crippen molar-refractivity contribution in [3.63, 3.8) is 0 Å². The summed E-state index contributed by atoms with van der Waals surface area (Å²) in [5.41, 5.74) is 3.23. The predicted octanol–water partition coefficient (Wildman–Crippen LogP) is 3.34. The summed E-state index contributed by atoms with van der Waals surface area (Å²) in [7, 11) is 5.73. The van der Waals surface area contributed by atoms with E-state index < -0.39 is 6.10 Å². The van der Waals surface area contributed by atoms with Crippen molar-refractivity contribution in [2.45, 2.75) is 37.2 Å². The van der Waals surface area contributed by atoms with E-state index in [1.165, 1.54) is 6.07 Å². The van der Waals surface area contributed by atoms with Gasteiger partial charge in [0.25, 0.3) is 0 Å². The molecule has 2 radical (unpaired) electrons. The number of carbonyl (C=O) groups excluding carboxylic acids is 1. The molecule has 3 aliphatic heterocycles. The molecule has 0 aliphatic carbocycles. The van der Waals surface area contributed by atoms with Gasteiger partial charge in [-0.15, -0.1) is 0 Å². The highest BCUT2D eigenvalue weighted by molar-refractivity contribution is 6.45. The molecule has 184 valence electrons. The SMILES string of the molecule is [B]c1ccc(NC(=O)N2CCC(C(O)CN3CCC4(CC3)CNc3ccc(F)cc34)CC2)cc1Cl. The van der Waals surface area contributed by atoms with E-state index in [9.17, 15) is 14.3 Å². The minimum Gasteiger partial charge on any atom is -0.392 e. The Kier molecular flexibility index (Phi) is 6.97. The van der Waals surface area contributed by atoms with Crippen LogP contribution in [0.15, 0.2) is 36.4 Å². The third-order valence-electron chi connectivity index (χ3n) is 8.05. The van der Waals surface area contributed by atoms with Gasteiger partial charge in [-0.3, -0.25) is 0 Å². The highest BCUT2D eigenvalue weighted by Crippen LogP contribution is 2.44. The smallest absolute Gasteiger partial charge is 0.321 e. The number of anilines is 2. The Bertz CT molecular complexity index is 1090. The lowest BCUT2D eigenvalue weighted by Gasteiger charge is -2.41. The molecule has 2 amide bonds. The number of amides is 2. The van der Waals surface area contributed by atoms with E-state index in [2.05, 4.69) is 15.5 Å². The van der Waals surface area contributed by atoms with Gasteiger partial charge in [-0.05, 0) is 80.6 Å². The molecule has 3 heterocycles. The number of aliphatic hydroxyl groups is 1. The largest absolute Gasteiger partial charge is 0.392 e. The van der Waals surface area contributed by atoms with Crippen molar-refractivity contribution < 1.29 is 14.3 Å². The van der Waals surface area contributed by atoms with Crippen LogP contribution in [0.25, 0.3) is 0 Å². The van der Waals surface area contributed by atoms with E-state index in [0.717, 1.165) is 56.6 Å². The minimum atomic E-state index is -0.420. The third kappa shape index (κ3) is 5.15. The van der Waals surface area contributed by atoms with Gasteiger partial charge in [0.15, 0.2) is 0 Å². The molecule has 3 aliphatic rings. The fourth-order valence-corrected chi connectivity index (χ4v) is 5.97. The first kappa shape index (κ1) is 24.4. The maximum Gasteiger partial charge on any atom is 0.321 e. The molecular weight excluding hydrogens is 466 g/mol. The molecular formula is C26H31BClFN4O2.